The lowest BCUT2D eigenvalue weighted by Crippen LogP contribution is -2.51. The van der Waals surface area contributed by atoms with E-state index in [-0.39, 0.29) is 0 Å². The fraction of sp³-hybridized carbons (Fsp3) is 0.714. The molecule has 1 saturated heterocycles. The third-order valence-electron chi connectivity index (χ3n) is 4.32. The third kappa shape index (κ3) is 2.54. The number of thiazole rings is 1. The van der Waals surface area contributed by atoms with Crippen LogP contribution < -0.4 is 4.90 Å². The highest BCUT2D eigenvalue weighted by Crippen LogP contribution is 2.44. The Bertz CT molecular complexity index is 513. The van der Waals surface area contributed by atoms with Crippen LogP contribution in [-0.4, -0.2) is 53.7 Å². The summed E-state index contributed by atoms with van der Waals surface area (Å²) in [5, 5.41) is 10.2. The average Bonchev–Trinajstić information content (AvgIpc) is 3.18. The molecular formula is C14H21N3O2S. The summed E-state index contributed by atoms with van der Waals surface area (Å²) in [7, 11) is 2.16. The van der Waals surface area contributed by atoms with Crippen LogP contribution in [0.15, 0.2) is 0 Å². The summed E-state index contributed by atoms with van der Waals surface area (Å²) in [5.74, 6) is -0.433. The molecule has 1 atom stereocenters. The molecule has 0 spiro atoms. The molecule has 1 saturated carbocycles. The Morgan fingerprint density at radius 3 is 2.80 bits per heavy atom. The zero-order valence-corrected chi connectivity index (χ0v) is 12.8. The second-order valence-corrected chi connectivity index (χ2v) is 6.76. The van der Waals surface area contributed by atoms with Crippen molar-refractivity contribution in [1.82, 2.24) is 9.88 Å². The first-order valence-corrected chi connectivity index (χ1v) is 8.11. The molecule has 1 aromatic heterocycles. The summed E-state index contributed by atoms with van der Waals surface area (Å²) in [6.45, 7) is 5.09. The van der Waals surface area contributed by atoms with Gasteiger partial charge in [0.1, 0.15) is 4.88 Å². The van der Waals surface area contributed by atoms with Gasteiger partial charge in [-0.2, -0.15) is 0 Å². The number of nitrogens with zero attached hydrogens (tertiary/aromatic N) is 3. The predicted octanol–water partition coefficient (Wildman–Crippen LogP) is 2.25. The number of carboxylic acid groups (broad SMARTS) is 1. The molecule has 1 N–H and O–H groups in total. The van der Waals surface area contributed by atoms with Gasteiger partial charge in [0.15, 0.2) is 5.13 Å². The maximum absolute atomic E-state index is 11.4. The zero-order chi connectivity index (χ0) is 14.3. The summed E-state index contributed by atoms with van der Waals surface area (Å²) in [5.41, 5.74) is 0.824. The second-order valence-electron chi connectivity index (χ2n) is 5.78. The minimum Gasteiger partial charge on any atom is -0.477 e. The number of rotatable bonds is 4. The van der Waals surface area contributed by atoms with Crippen molar-refractivity contribution in [3.8, 4) is 0 Å². The van der Waals surface area contributed by atoms with Gasteiger partial charge >= 0.3 is 5.97 Å². The van der Waals surface area contributed by atoms with Gasteiger partial charge in [-0.05, 0) is 26.3 Å². The fourth-order valence-electron chi connectivity index (χ4n) is 2.80. The predicted molar refractivity (Wildman–Crippen MR) is 80.0 cm³/mol. The molecule has 5 nitrogen and oxygen atoms in total. The van der Waals surface area contributed by atoms with Gasteiger partial charge in [-0.15, -0.1) is 0 Å². The minimum absolute atomic E-state index is 0.389. The number of anilines is 1. The van der Waals surface area contributed by atoms with E-state index < -0.39 is 5.97 Å². The van der Waals surface area contributed by atoms with Gasteiger partial charge in [-0.3, -0.25) is 4.90 Å². The zero-order valence-electron chi connectivity index (χ0n) is 12.0. The number of hydrogen-bond donors (Lipinski definition) is 1. The Morgan fingerprint density at radius 1 is 1.45 bits per heavy atom. The van der Waals surface area contributed by atoms with Gasteiger partial charge < -0.3 is 10.0 Å². The van der Waals surface area contributed by atoms with E-state index >= 15 is 0 Å². The van der Waals surface area contributed by atoms with Crippen molar-refractivity contribution in [3.63, 3.8) is 0 Å². The summed E-state index contributed by atoms with van der Waals surface area (Å²) >= 11 is 1.35. The SMILES string of the molecule is CCC1CN(c2nc(C3CC3)c(C(=O)O)s2)CCN1C. The molecule has 2 fully saturated rings. The highest BCUT2D eigenvalue weighted by atomic mass is 32.1. The number of aromatic nitrogens is 1. The molecule has 1 aliphatic heterocycles. The summed E-state index contributed by atoms with van der Waals surface area (Å²) in [6, 6.07) is 0.533. The third-order valence-corrected chi connectivity index (χ3v) is 5.44. The monoisotopic (exact) mass is 295 g/mol. The maximum Gasteiger partial charge on any atom is 0.347 e. The van der Waals surface area contributed by atoms with Crippen LogP contribution in [0, 0.1) is 0 Å². The van der Waals surface area contributed by atoms with Crippen molar-refractivity contribution in [2.24, 2.45) is 0 Å². The standard InChI is InChI=1S/C14H21N3O2S/c1-3-10-8-17(7-6-16(10)2)14-15-11(9-4-5-9)12(20-14)13(18)19/h9-10H,3-8H2,1-2H3,(H,18,19). The minimum atomic E-state index is -0.822. The van der Waals surface area contributed by atoms with Gasteiger partial charge in [-0.1, -0.05) is 18.3 Å². The topological polar surface area (TPSA) is 56.7 Å². The van der Waals surface area contributed by atoms with Crippen LogP contribution in [-0.2, 0) is 0 Å². The summed E-state index contributed by atoms with van der Waals surface area (Å²) < 4.78 is 0. The highest BCUT2D eigenvalue weighted by molar-refractivity contribution is 7.17. The average molecular weight is 295 g/mol. The van der Waals surface area contributed by atoms with E-state index in [9.17, 15) is 9.90 Å². The molecule has 2 heterocycles. The van der Waals surface area contributed by atoms with E-state index in [1.807, 2.05) is 0 Å². The van der Waals surface area contributed by atoms with Gasteiger partial charge in [-0.25, -0.2) is 9.78 Å². The van der Waals surface area contributed by atoms with E-state index in [0.717, 1.165) is 49.7 Å². The molecule has 0 aromatic carbocycles. The number of hydrogen-bond acceptors (Lipinski definition) is 5. The van der Waals surface area contributed by atoms with Gasteiger partial charge in [0.25, 0.3) is 0 Å². The van der Waals surface area contributed by atoms with Crippen LogP contribution in [0.5, 0.6) is 0 Å². The molecule has 0 bridgehead atoms. The van der Waals surface area contributed by atoms with Gasteiger partial charge in [0, 0.05) is 31.6 Å². The molecule has 110 valence electrons. The van der Waals surface area contributed by atoms with E-state index in [0.29, 0.717) is 16.8 Å². The van der Waals surface area contributed by atoms with Crippen molar-refractivity contribution in [2.75, 3.05) is 31.6 Å². The highest BCUT2D eigenvalue weighted by Gasteiger charge is 2.34. The van der Waals surface area contributed by atoms with Gasteiger partial charge in [0.2, 0.25) is 0 Å². The Morgan fingerprint density at radius 2 is 2.20 bits per heavy atom. The van der Waals surface area contributed by atoms with Crippen molar-refractivity contribution in [3.05, 3.63) is 10.6 Å². The normalized spacial score (nSPS) is 24.1. The lowest BCUT2D eigenvalue weighted by molar-refractivity contribution is 0.0700. The first-order valence-electron chi connectivity index (χ1n) is 7.29. The molecule has 0 amide bonds. The number of likely N-dealkylation sites (N-methyl/N-ethyl adjacent to an activating group) is 1. The van der Waals surface area contributed by atoms with Crippen molar-refractivity contribution in [2.45, 2.75) is 38.1 Å². The number of piperazine rings is 1. The van der Waals surface area contributed by atoms with Crippen LogP contribution in [0.1, 0.15) is 47.5 Å². The van der Waals surface area contributed by atoms with Crippen LogP contribution >= 0.6 is 11.3 Å². The number of aromatic carboxylic acids is 1. The van der Waals surface area contributed by atoms with Crippen LogP contribution in [0.3, 0.4) is 0 Å². The molecule has 1 aromatic rings. The molecule has 3 rings (SSSR count). The lowest BCUT2D eigenvalue weighted by Gasteiger charge is -2.39. The molecular weight excluding hydrogens is 274 g/mol. The lowest BCUT2D eigenvalue weighted by atomic mass is 10.1. The Labute approximate surface area is 123 Å². The van der Waals surface area contributed by atoms with Crippen molar-refractivity contribution >= 4 is 22.4 Å². The molecule has 6 heteroatoms. The summed E-state index contributed by atoms with van der Waals surface area (Å²) in [4.78, 5) is 21.1. The van der Waals surface area contributed by atoms with E-state index in [1.54, 1.807) is 0 Å². The molecule has 1 unspecified atom stereocenters. The molecule has 0 radical (unpaired) electrons. The Kier molecular flexibility index (Phi) is 3.69. The van der Waals surface area contributed by atoms with Crippen molar-refractivity contribution in [1.29, 1.82) is 0 Å². The van der Waals surface area contributed by atoms with Crippen LogP contribution in [0.25, 0.3) is 0 Å². The van der Waals surface area contributed by atoms with Crippen molar-refractivity contribution < 1.29 is 9.90 Å². The fourth-order valence-corrected chi connectivity index (χ4v) is 3.83. The maximum atomic E-state index is 11.4. The van der Waals surface area contributed by atoms with E-state index in [2.05, 4.69) is 28.8 Å². The molecule has 2 aliphatic rings. The number of carbonyl (C=O) groups is 1. The quantitative estimate of drug-likeness (QED) is 0.923. The van der Waals surface area contributed by atoms with Crippen LogP contribution in [0.4, 0.5) is 5.13 Å². The summed E-state index contributed by atoms with van der Waals surface area (Å²) in [6.07, 6.45) is 3.28. The largest absolute Gasteiger partial charge is 0.477 e. The first kappa shape index (κ1) is 13.8. The Hall–Kier alpha value is -1.14. The smallest absolute Gasteiger partial charge is 0.347 e. The number of carboxylic acids is 1. The molecule has 20 heavy (non-hydrogen) atoms. The van der Waals surface area contributed by atoms with Crippen LogP contribution in [0.2, 0.25) is 0 Å². The second kappa shape index (κ2) is 5.33. The first-order chi connectivity index (χ1) is 9.60. The van der Waals surface area contributed by atoms with E-state index in [1.165, 1.54) is 11.3 Å². The Balaban J connectivity index is 1.83. The molecule has 1 aliphatic carbocycles. The van der Waals surface area contributed by atoms with Gasteiger partial charge in [0.05, 0.1) is 5.69 Å². The van der Waals surface area contributed by atoms with E-state index in [4.69, 9.17) is 0 Å².